The van der Waals surface area contributed by atoms with Gasteiger partial charge in [-0.1, -0.05) is 18.5 Å². The highest BCUT2D eigenvalue weighted by atomic mass is 35.5. The van der Waals surface area contributed by atoms with E-state index < -0.39 is 0 Å². The first-order chi connectivity index (χ1) is 9.61. The van der Waals surface area contributed by atoms with Crippen molar-refractivity contribution in [2.24, 2.45) is 7.05 Å². The molecule has 20 heavy (non-hydrogen) atoms. The van der Waals surface area contributed by atoms with Gasteiger partial charge in [0.1, 0.15) is 4.70 Å². The van der Waals surface area contributed by atoms with Crippen LogP contribution < -0.4 is 5.56 Å². The van der Waals surface area contributed by atoms with Crippen LogP contribution in [0.1, 0.15) is 18.3 Å². The number of thiophene rings is 1. The van der Waals surface area contributed by atoms with Crippen LogP contribution in [0.5, 0.6) is 0 Å². The second-order valence-electron chi connectivity index (χ2n) is 4.50. The maximum Gasteiger partial charge on any atom is 0.271 e. The fourth-order valence-corrected chi connectivity index (χ4v) is 3.29. The molecule has 104 valence electrons. The standard InChI is InChI=1S/C13H13ClN4OS/c1-3-8-11(14)10(17(2)16-8)6-18-7-15-9-4-5-20-12(9)13(18)19/h4-5,7H,3,6H2,1-2H3. The molecule has 0 aromatic carbocycles. The van der Waals surface area contributed by atoms with Crippen LogP contribution in [0.25, 0.3) is 10.2 Å². The number of halogens is 1. The molecule has 0 saturated heterocycles. The van der Waals surface area contributed by atoms with Gasteiger partial charge < -0.3 is 0 Å². The predicted octanol–water partition coefficient (Wildman–Crippen LogP) is 2.46. The van der Waals surface area contributed by atoms with E-state index in [1.165, 1.54) is 11.3 Å². The van der Waals surface area contributed by atoms with E-state index >= 15 is 0 Å². The van der Waals surface area contributed by atoms with Gasteiger partial charge in [0, 0.05) is 7.05 Å². The van der Waals surface area contributed by atoms with Crippen molar-refractivity contribution in [3.63, 3.8) is 0 Å². The van der Waals surface area contributed by atoms with Gasteiger partial charge in [-0.2, -0.15) is 5.10 Å². The van der Waals surface area contributed by atoms with E-state index in [-0.39, 0.29) is 5.56 Å². The second kappa shape index (κ2) is 5.03. The van der Waals surface area contributed by atoms with Gasteiger partial charge in [-0.15, -0.1) is 11.3 Å². The van der Waals surface area contributed by atoms with Crippen LogP contribution in [0.3, 0.4) is 0 Å². The Hall–Kier alpha value is -1.66. The molecule has 3 aromatic heterocycles. The summed E-state index contributed by atoms with van der Waals surface area (Å²) in [7, 11) is 1.84. The summed E-state index contributed by atoms with van der Waals surface area (Å²) < 4.78 is 3.97. The molecule has 0 fully saturated rings. The summed E-state index contributed by atoms with van der Waals surface area (Å²) in [5, 5.41) is 6.86. The molecule has 0 unspecified atom stereocenters. The minimum Gasteiger partial charge on any atom is -0.292 e. The Morgan fingerprint density at radius 1 is 1.45 bits per heavy atom. The molecule has 0 atom stereocenters. The van der Waals surface area contributed by atoms with E-state index in [1.54, 1.807) is 15.6 Å². The maximum absolute atomic E-state index is 12.4. The van der Waals surface area contributed by atoms with Crippen LogP contribution in [-0.2, 0) is 20.0 Å². The monoisotopic (exact) mass is 308 g/mol. The summed E-state index contributed by atoms with van der Waals surface area (Å²) in [5.74, 6) is 0. The van der Waals surface area contributed by atoms with Crippen molar-refractivity contribution in [3.8, 4) is 0 Å². The molecule has 0 N–H and O–H groups in total. The lowest BCUT2D eigenvalue weighted by molar-refractivity contribution is 0.646. The number of nitrogens with zero attached hydrogens (tertiary/aromatic N) is 4. The Morgan fingerprint density at radius 2 is 2.25 bits per heavy atom. The van der Waals surface area contributed by atoms with Gasteiger partial charge in [-0.25, -0.2) is 4.98 Å². The first-order valence-electron chi connectivity index (χ1n) is 6.24. The number of hydrogen-bond donors (Lipinski definition) is 0. The molecule has 0 radical (unpaired) electrons. The molecule has 0 aliphatic rings. The van der Waals surface area contributed by atoms with Crippen LogP contribution in [-0.4, -0.2) is 19.3 Å². The van der Waals surface area contributed by atoms with E-state index in [0.29, 0.717) is 16.3 Å². The lowest BCUT2D eigenvalue weighted by atomic mass is 10.3. The van der Waals surface area contributed by atoms with Crippen molar-refractivity contribution < 1.29 is 0 Å². The number of hydrogen-bond acceptors (Lipinski definition) is 4. The highest BCUT2D eigenvalue weighted by molar-refractivity contribution is 7.17. The summed E-state index contributed by atoms with van der Waals surface area (Å²) in [6.45, 7) is 2.38. The minimum absolute atomic E-state index is 0.0414. The number of rotatable bonds is 3. The normalized spacial score (nSPS) is 11.3. The third kappa shape index (κ3) is 2.05. The molecule has 3 rings (SSSR count). The Bertz CT molecular complexity index is 833. The summed E-state index contributed by atoms with van der Waals surface area (Å²) in [4.78, 5) is 16.6. The molecule has 0 spiro atoms. The molecule has 0 saturated carbocycles. The highest BCUT2D eigenvalue weighted by Crippen LogP contribution is 2.21. The summed E-state index contributed by atoms with van der Waals surface area (Å²) in [6, 6.07) is 1.85. The zero-order valence-electron chi connectivity index (χ0n) is 11.1. The maximum atomic E-state index is 12.4. The third-order valence-corrected chi connectivity index (χ3v) is 4.59. The summed E-state index contributed by atoms with van der Waals surface area (Å²) in [6.07, 6.45) is 2.33. The first-order valence-corrected chi connectivity index (χ1v) is 7.50. The summed E-state index contributed by atoms with van der Waals surface area (Å²) in [5.41, 5.74) is 2.37. The van der Waals surface area contributed by atoms with Crippen molar-refractivity contribution in [2.45, 2.75) is 19.9 Å². The number of aryl methyl sites for hydroxylation is 2. The zero-order valence-corrected chi connectivity index (χ0v) is 12.7. The number of fused-ring (bicyclic) bond motifs is 1. The number of aromatic nitrogens is 4. The first kappa shape index (κ1) is 13.3. The van der Waals surface area contributed by atoms with E-state index in [4.69, 9.17) is 11.6 Å². The molecule has 0 bridgehead atoms. The zero-order chi connectivity index (χ0) is 14.3. The van der Waals surface area contributed by atoms with Crippen molar-refractivity contribution in [1.29, 1.82) is 0 Å². The average molecular weight is 309 g/mol. The van der Waals surface area contributed by atoms with Gasteiger partial charge >= 0.3 is 0 Å². The lowest BCUT2D eigenvalue weighted by Gasteiger charge is -2.06. The third-order valence-electron chi connectivity index (χ3n) is 3.26. The Balaban J connectivity index is 2.07. The fraction of sp³-hybridized carbons (Fsp3) is 0.308. The molecule has 5 nitrogen and oxygen atoms in total. The summed E-state index contributed by atoms with van der Waals surface area (Å²) >= 11 is 7.72. The Labute approximate surface area is 124 Å². The average Bonchev–Trinajstić information content (AvgIpc) is 3.01. The minimum atomic E-state index is -0.0414. The van der Waals surface area contributed by atoms with Crippen LogP contribution in [0, 0.1) is 0 Å². The van der Waals surface area contributed by atoms with E-state index in [2.05, 4.69) is 10.1 Å². The molecule has 3 heterocycles. The van der Waals surface area contributed by atoms with Gasteiger partial charge in [0.25, 0.3) is 5.56 Å². The van der Waals surface area contributed by atoms with Gasteiger partial charge in [-0.05, 0) is 17.9 Å². The van der Waals surface area contributed by atoms with Gasteiger partial charge in [-0.3, -0.25) is 14.0 Å². The largest absolute Gasteiger partial charge is 0.292 e. The topological polar surface area (TPSA) is 52.7 Å². The van der Waals surface area contributed by atoms with E-state index in [0.717, 1.165) is 23.3 Å². The second-order valence-corrected chi connectivity index (χ2v) is 5.79. The van der Waals surface area contributed by atoms with Crippen LogP contribution in [0.4, 0.5) is 0 Å². The molecule has 0 aliphatic heterocycles. The molecule has 0 amide bonds. The van der Waals surface area contributed by atoms with Gasteiger partial charge in [0.2, 0.25) is 0 Å². The van der Waals surface area contributed by atoms with Crippen molar-refractivity contribution >= 4 is 33.2 Å². The van der Waals surface area contributed by atoms with Crippen molar-refractivity contribution in [3.05, 3.63) is 44.5 Å². The van der Waals surface area contributed by atoms with Crippen LogP contribution in [0.15, 0.2) is 22.6 Å². The SMILES string of the molecule is CCc1nn(C)c(Cn2cnc3ccsc3c2=O)c1Cl. The Morgan fingerprint density at radius 3 is 2.95 bits per heavy atom. The van der Waals surface area contributed by atoms with Gasteiger partial charge in [0.15, 0.2) is 0 Å². The molecule has 3 aromatic rings. The van der Waals surface area contributed by atoms with Crippen LogP contribution >= 0.6 is 22.9 Å². The predicted molar refractivity (Wildman–Crippen MR) is 80.6 cm³/mol. The van der Waals surface area contributed by atoms with E-state index in [9.17, 15) is 4.79 Å². The van der Waals surface area contributed by atoms with E-state index in [1.807, 2.05) is 25.4 Å². The molecular formula is C13H13ClN4OS. The van der Waals surface area contributed by atoms with Crippen LogP contribution in [0.2, 0.25) is 5.02 Å². The Kier molecular flexibility index (Phi) is 3.35. The van der Waals surface area contributed by atoms with Crippen molar-refractivity contribution in [1.82, 2.24) is 19.3 Å². The molecule has 7 heteroatoms. The van der Waals surface area contributed by atoms with Crippen molar-refractivity contribution in [2.75, 3.05) is 0 Å². The molecule has 0 aliphatic carbocycles. The fourth-order valence-electron chi connectivity index (χ4n) is 2.14. The lowest BCUT2D eigenvalue weighted by Crippen LogP contribution is -2.21. The highest BCUT2D eigenvalue weighted by Gasteiger charge is 2.14. The molecular weight excluding hydrogens is 296 g/mol. The van der Waals surface area contributed by atoms with Gasteiger partial charge in [0.05, 0.1) is 34.8 Å². The quantitative estimate of drug-likeness (QED) is 0.747. The smallest absolute Gasteiger partial charge is 0.271 e.